The fourth-order valence-corrected chi connectivity index (χ4v) is 3.45. The molecule has 2 aromatic heterocycles. The summed E-state index contributed by atoms with van der Waals surface area (Å²) in [5.41, 5.74) is 6.39. The molecule has 0 aromatic carbocycles. The number of hydrogen-bond acceptors (Lipinski definition) is 7. The van der Waals surface area contributed by atoms with Gasteiger partial charge in [0.05, 0.1) is 11.4 Å². The molecule has 0 amide bonds. The van der Waals surface area contributed by atoms with Crippen LogP contribution in [0.4, 0.5) is 11.1 Å². The number of nitrogen functional groups attached to an aromatic ring is 1. The molecule has 9 heteroatoms. The highest BCUT2D eigenvalue weighted by atomic mass is 32.2. The summed E-state index contributed by atoms with van der Waals surface area (Å²) in [6, 6.07) is -0.0751. The average Bonchev–Trinajstić information content (AvgIpc) is 2.72. The van der Waals surface area contributed by atoms with E-state index >= 15 is 0 Å². The molecule has 2 heterocycles. The summed E-state index contributed by atoms with van der Waals surface area (Å²) < 4.78 is 31.1. The monoisotopic (exact) mass is 274 g/mol. The Morgan fingerprint density at radius 1 is 1.41 bits per heavy atom. The van der Waals surface area contributed by atoms with Gasteiger partial charge in [0.1, 0.15) is 6.26 Å². The highest BCUT2D eigenvalue weighted by molar-refractivity contribution is 7.94. The molecule has 2 rings (SSSR count). The lowest BCUT2D eigenvalue weighted by molar-refractivity contribution is 0.570. The first-order chi connectivity index (χ1) is 7.88. The maximum atomic E-state index is 11.9. The molecule has 0 aliphatic carbocycles. The molecule has 92 valence electrons. The SMILES string of the molecule is Cc1coc(NS(=O)(=O)c2sc(N)nc2C)n1. The average molecular weight is 274 g/mol. The summed E-state index contributed by atoms with van der Waals surface area (Å²) in [5.74, 6) is 0. The zero-order chi connectivity index (χ0) is 12.6. The summed E-state index contributed by atoms with van der Waals surface area (Å²) in [5, 5.41) is 0.200. The van der Waals surface area contributed by atoms with Crippen molar-refractivity contribution >= 4 is 32.5 Å². The Balaban J connectivity index is 2.34. The van der Waals surface area contributed by atoms with Crippen molar-refractivity contribution in [2.24, 2.45) is 0 Å². The predicted molar refractivity (Wildman–Crippen MR) is 63.3 cm³/mol. The van der Waals surface area contributed by atoms with Crippen molar-refractivity contribution in [3.8, 4) is 0 Å². The second-order valence-electron chi connectivity index (χ2n) is 3.32. The number of rotatable bonds is 3. The first-order valence-corrected chi connectivity index (χ1v) is 6.86. The molecule has 0 atom stereocenters. The molecule has 3 N–H and O–H groups in total. The number of aryl methyl sites for hydroxylation is 2. The van der Waals surface area contributed by atoms with E-state index in [9.17, 15) is 8.42 Å². The van der Waals surface area contributed by atoms with Crippen molar-refractivity contribution in [3.05, 3.63) is 17.7 Å². The molecule has 2 aromatic rings. The predicted octanol–water partition coefficient (Wildman–Crippen LogP) is 1.13. The Labute approximate surface area is 102 Å². The molecule has 0 bridgehead atoms. The highest BCUT2D eigenvalue weighted by Gasteiger charge is 2.23. The van der Waals surface area contributed by atoms with Gasteiger partial charge in [-0.3, -0.25) is 0 Å². The van der Waals surface area contributed by atoms with Gasteiger partial charge in [-0.05, 0) is 13.8 Å². The van der Waals surface area contributed by atoms with Crippen LogP contribution in [0.25, 0.3) is 0 Å². The summed E-state index contributed by atoms with van der Waals surface area (Å²) in [7, 11) is -3.74. The Hall–Kier alpha value is -1.61. The van der Waals surface area contributed by atoms with Crippen molar-refractivity contribution < 1.29 is 12.8 Å². The summed E-state index contributed by atoms with van der Waals surface area (Å²) in [4.78, 5) is 7.70. The van der Waals surface area contributed by atoms with Crippen LogP contribution < -0.4 is 10.5 Å². The first kappa shape index (κ1) is 11.9. The van der Waals surface area contributed by atoms with Gasteiger partial charge in [-0.2, -0.15) is 4.98 Å². The minimum atomic E-state index is -3.74. The van der Waals surface area contributed by atoms with Gasteiger partial charge in [-0.1, -0.05) is 11.3 Å². The van der Waals surface area contributed by atoms with Crippen molar-refractivity contribution in [1.82, 2.24) is 9.97 Å². The lowest BCUT2D eigenvalue weighted by Gasteiger charge is -2.01. The van der Waals surface area contributed by atoms with Crippen LogP contribution in [-0.2, 0) is 10.0 Å². The Morgan fingerprint density at radius 3 is 2.59 bits per heavy atom. The number of aromatic nitrogens is 2. The lowest BCUT2D eigenvalue weighted by Crippen LogP contribution is -2.12. The molecule has 0 saturated heterocycles. The number of thiazole rings is 1. The fraction of sp³-hybridized carbons (Fsp3) is 0.250. The summed E-state index contributed by atoms with van der Waals surface area (Å²) in [6.07, 6.45) is 1.35. The van der Waals surface area contributed by atoms with E-state index in [1.807, 2.05) is 0 Å². The van der Waals surface area contributed by atoms with Gasteiger partial charge in [0.2, 0.25) is 0 Å². The summed E-state index contributed by atoms with van der Waals surface area (Å²) >= 11 is 0.894. The van der Waals surface area contributed by atoms with Gasteiger partial charge in [0.15, 0.2) is 9.34 Å². The smallest absolute Gasteiger partial charge is 0.309 e. The van der Waals surface area contributed by atoms with E-state index in [1.165, 1.54) is 6.26 Å². The van der Waals surface area contributed by atoms with E-state index in [0.717, 1.165) is 11.3 Å². The van der Waals surface area contributed by atoms with Gasteiger partial charge in [-0.15, -0.1) is 0 Å². The maximum Gasteiger partial charge on any atom is 0.309 e. The molecule has 0 aliphatic rings. The van der Waals surface area contributed by atoms with E-state index in [1.54, 1.807) is 13.8 Å². The first-order valence-electron chi connectivity index (χ1n) is 4.56. The molecule has 7 nitrogen and oxygen atoms in total. The Morgan fingerprint density at radius 2 is 2.12 bits per heavy atom. The fourth-order valence-electron chi connectivity index (χ4n) is 1.21. The summed E-state index contributed by atoms with van der Waals surface area (Å²) in [6.45, 7) is 3.26. The quantitative estimate of drug-likeness (QED) is 0.867. The molecule has 0 radical (unpaired) electrons. The van der Waals surface area contributed by atoms with Crippen molar-refractivity contribution in [1.29, 1.82) is 0 Å². The van der Waals surface area contributed by atoms with E-state index in [-0.39, 0.29) is 15.4 Å². The molecule has 0 aliphatic heterocycles. The zero-order valence-corrected chi connectivity index (χ0v) is 10.7. The topological polar surface area (TPSA) is 111 Å². The van der Waals surface area contributed by atoms with Gasteiger partial charge >= 0.3 is 6.01 Å². The van der Waals surface area contributed by atoms with Gasteiger partial charge in [-0.25, -0.2) is 18.1 Å². The molecular weight excluding hydrogens is 264 g/mol. The number of anilines is 2. The van der Waals surface area contributed by atoms with Crippen LogP contribution in [0, 0.1) is 13.8 Å². The molecule has 0 unspecified atom stereocenters. The van der Waals surface area contributed by atoms with Crippen LogP contribution >= 0.6 is 11.3 Å². The third kappa shape index (κ3) is 2.39. The van der Waals surface area contributed by atoms with Crippen LogP contribution in [0.2, 0.25) is 0 Å². The third-order valence-electron chi connectivity index (χ3n) is 1.86. The maximum absolute atomic E-state index is 11.9. The lowest BCUT2D eigenvalue weighted by atomic mass is 10.6. The number of nitrogens with zero attached hydrogens (tertiary/aromatic N) is 2. The molecule has 0 spiro atoms. The minimum Gasteiger partial charge on any atom is -0.431 e. The van der Waals surface area contributed by atoms with Gasteiger partial charge < -0.3 is 10.2 Å². The van der Waals surface area contributed by atoms with Crippen LogP contribution in [0.15, 0.2) is 14.9 Å². The van der Waals surface area contributed by atoms with Crippen LogP contribution in [0.1, 0.15) is 11.4 Å². The van der Waals surface area contributed by atoms with Crippen molar-refractivity contribution in [2.75, 3.05) is 10.5 Å². The Bertz CT molecular complexity index is 644. The molecular formula is C8H10N4O3S2. The number of sulfonamides is 1. The van der Waals surface area contributed by atoms with E-state index in [4.69, 9.17) is 10.2 Å². The molecule has 0 saturated carbocycles. The second kappa shape index (κ2) is 4.00. The van der Waals surface area contributed by atoms with E-state index < -0.39 is 10.0 Å². The number of nitrogens with one attached hydrogen (secondary N) is 1. The normalized spacial score (nSPS) is 11.6. The van der Waals surface area contributed by atoms with Crippen molar-refractivity contribution in [2.45, 2.75) is 18.1 Å². The number of hydrogen-bond donors (Lipinski definition) is 2. The van der Waals surface area contributed by atoms with E-state index in [0.29, 0.717) is 11.4 Å². The van der Waals surface area contributed by atoms with Crippen molar-refractivity contribution in [3.63, 3.8) is 0 Å². The Kier molecular flexibility index (Phi) is 2.79. The zero-order valence-electron chi connectivity index (χ0n) is 9.09. The van der Waals surface area contributed by atoms with Crippen LogP contribution in [-0.4, -0.2) is 18.4 Å². The number of oxazole rings is 1. The van der Waals surface area contributed by atoms with E-state index in [2.05, 4.69) is 14.7 Å². The van der Waals surface area contributed by atoms with Gasteiger partial charge in [0.25, 0.3) is 10.0 Å². The molecule has 17 heavy (non-hydrogen) atoms. The number of nitrogens with two attached hydrogens (primary N) is 1. The van der Waals surface area contributed by atoms with Gasteiger partial charge in [0, 0.05) is 0 Å². The molecule has 0 fully saturated rings. The second-order valence-corrected chi connectivity index (χ2v) is 6.23. The minimum absolute atomic E-state index is 0.0610. The van der Waals surface area contributed by atoms with Crippen LogP contribution in [0.5, 0.6) is 0 Å². The largest absolute Gasteiger partial charge is 0.431 e. The van der Waals surface area contributed by atoms with Crippen LogP contribution in [0.3, 0.4) is 0 Å². The highest BCUT2D eigenvalue weighted by Crippen LogP contribution is 2.26. The standard InChI is InChI=1S/C8H10N4O3S2/c1-4-3-15-8(10-4)12-17(13,14)6-5(2)11-7(9)16-6/h3H,1-2H3,(H2,9,11)(H,10,12). The third-order valence-corrected chi connectivity index (χ3v) is 4.77.